The van der Waals surface area contributed by atoms with E-state index in [4.69, 9.17) is 14.5 Å². The molecule has 1 heterocycles. The molecule has 6 nitrogen and oxygen atoms in total. The third-order valence-corrected chi connectivity index (χ3v) is 8.90. The molecule has 1 amide bonds. The third-order valence-electron chi connectivity index (χ3n) is 7.84. The number of benzene rings is 2. The summed E-state index contributed by atoms with van der Waals surface area (Å²) in [5, 5.41) is 4.30. The first-order valence-electron chi connectivity index (χ1n) is 13.4. The molecule has 7 heteroatoms. The van der Waals surface area contributed by atoms with Gasteiger partial charge in [-0.1, -0.05) is 18.2 Å². The Morgan fingerprint density at radius 1 is 1.00 bits per heavy atom. The second-order valence-corrected chi connectivity index (χ2v) is 11.2. The van der Waals surface area contributed by atoms with Crippen LogP contribution < -0.4 is 14.8 Å². The molecule has 1 N–H and O–H groups in total. The fourth-order valence-corrected chi connectivity index (χ4v) is 6.93. The van der Waals surface area contributed by atoms with Crippen LogP contribution in [0.2, 0.25) is 0 Å². The van der Waals surface area contributed by atoms with Crippen molar-refractivity contribution in [1.82, 2.24) is 14.9 Å². The Kier molecular flexibility index (Phi) is 8.08. The van der Waals surface area contributed by atoms with E-state index in [0.29, 0.717) is 18.4 Å². The number of amides is 1. The molecule has 0 spiro atoms. The number of hydrogen-bond acceptors (Lipinski definition) is 5. The van der Waals surface area contributed by atoms with Gasteiger partial charge in [-0.3, -0.25) is 4.79 Å². The second kappa shape index (κ2) is 11.6. The number of aromatic nitrogens is 2. The van der Waals surface area contributed by atoms with Crippen molar-refractivity contribution >= 4 is 17.7 Å². The lowest BCUT2D eigenvalue weighted by atomic mass is 9.95. The van der Waals surface area contributed by atoms with Crippen LogP contribution in [0.3, 0.4) is 0 Å². The number of fused-ring (bicyclic) bond motifs is 2. The number of carbonyl (C=O) groups is 1. The zero-order valence-electron chi connectivity index (χ0n) is 22.0. The molecule has 0 aliphatic heterocycles. The Morgan fingerprint density at radius 2 is 1.68 bits per heavy atom. The Bertz CT molecular complexity index is 1210. The van der Waals surface area contributed by atoms with Crippen LogP contribution in [-0.4, -0.2) is 41.5 Å². The van der Waals surface area contributed by atoms with Crippen LogP contribution in [0.1, 0.15) is 45.4 Å². The Morgan fingerprint density at radius 3 is 2.24 bits per heavy atom. The Balaban J connectivity index is 1.30. The summed E-state index contributed by atoms with van der Waals surface area (Å²) in [6, 6.07) is 16.6. The van der Waals surface area contributed by atoms with Gasteiger partial charge in [-0.2, -0.15) is 0 Å². The van der Waals surface area contributed by atoms with Gasteiger partial charge in [-0.15, -0.1) is 0 Å². The molecule has 3 aromatic rings. The first-order valence-corrected chi connectivity index (χ1v) is 14.4. The predicted molar refractivity (Wildman–Crippen MR) is 149 cm³/mol. The van der Waals surface area contributed by atoms with Gasteiger partial charge in [0.15, 0.2) is 5.16 Å². The smallest absolute Gasteiger partial charge is 0.220 e. The van der Waals surface area contributed by atoms with Crippen molar-refractivity contribution in [2.75, 3.05) is 20.0 Å². The van der Waals surface area contributed by atoms with Crippen molar-refractivity contribution < 1.29 is 14.3 Å². The van der Waals surface area contributed by atoms with Gasteiger partial charge in [-0.25, -0.2) is 4.98 Å². The first-order chi connectivity index (χ1) is 18.1. The summed E-state index contributed by atoms with van der Waals surface area (Å²) in [6.07, 6.45) is 6.55. The molecule has 2 aliphatic rings. The molecular formula is C30H37N3O3S. The maximum absolute atomic E-state index is 12.6. The van der Waals surface area contributed by atoms with E-state index in [-0.39, 0.29) is 5.91 Å². The average Bonchev–Trinajstić information content (AvgIpc) is 3.65. The molecule has 0 radical (unpaired) electrons. The summed E-state index contributed by atoms with van der Waals surface area (Å²) in [7, 11) is 3.36. The zero-order chi connectivity index (χ0) is 25.8. The SMILES string of the molecule is CCn1c(SCCCC(=O)NC2CC3CCC2C3)nc(-c2ccc(OC)cc2)c1-c1ccc(OC)cc1. The number of rotatable bonds is 11. The van der Waals surface area contributed by atoms with E-state index in [1.165, 1.54) is 25.7 Å². The van der Waals surface area contributed by atoms with Crippen molar-refractivity contribution in [3.05, 3.63) is 48.5 Å². The van der Waals surface area contributed by atoms with Crippen LogP contribution in [0.15, 0.2) is 53.7 Å². The average molecular weight is 520 g/mol. The van der Waals surface area contributed by atoms with Crippen LogP contribution >= 0.6 is 11.8 Å². The topological polar surface area (TPSA) is 65.4 Å². The molecule has 2 saturated carbocycles. The summed E-state index contributed by atoms with van der Waals surface area (Å²) in [6.45, 7) is 2.96. The van der Waals surface area contributed by atoms with E-state index in [1.54, 1.807) is 26.0 Å². The van der Waals surface area contributed by atoms with E-state index < -0.39 is 0 Å². The van der Waals surface area contributed by atoms with Crippen LogP contribution in [0, 0.1) is 11.8 Å². The lowest BCUT2D eigenvalue weighted by Crippen LogP contribution is -2.38. The lowest BCUT2D eigenvalue weighted by Gasteiger charge is -2.22. The van der Waals surface area contributed by atoms with E-state index in [1.807, 2.05) is 24.3 Å². The molecular weight excluding hydrogens is 482 g/mol. The number of carbonyl (C=O) groups excluding carboxylic acids is 1. The van der Waals surface area contributed by atoms with E-state index in [2.05, 4.69) is 41.1 Å². The zero-order valence-corrected chi connectivity index (χ0v) is 22.9. The van der Waals surface area contributed by atoms with Crippen LogP contribution in [-0.2, 0) is 11.3 Å². The molecule has 3 unspecified atom stereocenters. The monoisotopic (exact) mass is 519 g/mol. The second-order valence-electron chi connectivity index (χ2n) is 10.1. The molecule has 196 valence electrons. The predicted octanol–water partition coefficient (Wildman–Crippen LogP) is 6.43. The highest BCUT2D eigenvalue weighted by atomic mass is 32.2. The summed E-state index contributed by atoms with van der Waals surface area (Å²) < 4.78 is 13.0. The van der Waals surface area contributed by atoms with Gasteiger partial charge in [0.25, 0.3) is 0 Å². The normalized spacial score (nSPS) is 20.2. The van der Waals surface area contributed by atoms with Crippen molar-refractivity contribution in [3.63, 3.8) is 0 Å². The summed E-state index contributed by atoms with van der Waals surface area (Å²) in [5.74, 6) is 4.27. The van der Waals surface area contributed by atoms with Crippen molar-refractivity contribution in [2.45, 2.75) is 63.2 Å². The standard InChI is InChI=1S/C30H37N3O3S/c1-4-33-29(22-11-15-25(36-3)16-12-22)28(21-9-13-24(35-2)14-10-21)32-30(33)37-17-5-6-27(34)31-26-19-20-7-8-23(26)18-20/h9-16,20,23,26H,4-8,17-19H2,1-3H3,(H,31,34). The largest absolute Gasteiger partial charge is 0.497 e. The number of nitrogens with one attached hydrogen (secondary N) is 1. The van der Waals surface area contributed by atoms with E-state index >= 15 is 0 Å². The molecule has 1 aromatic heterocycles. The number of thioether (sulfide) groups is 1. The first kappa shape index (κ1) is 25.7. The highest BCUT2D eigenvalue weighted by Crippen LogP contribution is 2.44. The van der Waals surface area contributed by atoms with Crippen molar-refractivity contribution in [1.29, 1.82) is 0 Å². The number of hydrogen-bond donors (Lipinski definition) is 1. The Labute approximate surface area is 224 Å². The van der Waals surface area contributed by atoms with Gasteiger partial charge in [0.1, 0.15) is 11.5 Å². The molecule has 2 aliphatic carbocycles. The van der Waals surface area contributed by atoms with Gasteiger partial charge in [0.05, 0.1) is 25.6 Å². The van der Waals surface area contributed by atoms with Crippen molar-refractivity contribution in [2.24, 2.45) is 11.8 Å². The van der Waals surface area contributed by atoms with Crippen LogP contribution in [0.4, 0.5) is 0 Å². The highest BCUT2D eigenvalue weighted by Gasteiger charge is 2.39. The summed E-state index contributed by atoms with van der Waals surface area (Å²) >= 11 is 1.73. The minimum atomic E-state index is 0.204. The summed E-state index contributed by atoms with van der Waals surface area (Å²) in [4.78, 5) is 17.7. The summed E-state index contributed by atoms with van der Waals surface area (Å²) in [5.41, 5.74) is 4.18. The molecule has 5 rings (SSSR count). The third kappa shape index (κ3) is 5.66. The van der Waals surface area contributed by atoms with Crippen LogP contribution in [0.5, 0.6) is 11.5 Å². The number of imidazole rings is 1. The maximum atomic E-state index is 12.6. The van der Waals surface area contributed by atoms with Crippen LogP contribution in [0.25, 0.3) is 22.5 Å². The molecule has 2 fully saturated rings. The molecule has 0 saturated heterocycles. The number of methoxy groups -OCH3 is 2. The van der Waals surface area contributed by atoms with Crippen molar-refractivity contribution in [3.8, 4) is 34.0 Å². The number of ether oxygens (including phenoxy) is 2. The highest BCUT2D eigenvalue weighted by molar-refractivity contribution is 7.99. The Hall–Kier alpha value is -2.93. The van der Waals surface area contributed by atoms with Gasteiger partial charge in [0, 0.05) is 35.9 Å². The fraction of sp³-hybridized carbons (Fsp3) is 0.467. The van der Waals surface area contributed by atoms with E-state index in [0.717, 1.165) is 63.8 Å². The fourth-order valence-electron chi connectivity index (χ4n) is 5.92. The molecule has 2 aromatic carbocycles. The minimum absolute atomic E-state index is 0.204. The van der Waals surface area contributed by atoms with Gasteiger partial charge >= 0.3 is 0 Å². The quantitative estimate of drug-likeness (QED) is 0.234. The lowest BCUT2D eigenvalue weighted by molar-refractivity contribution is -0.122. The molecule has 3 atom stereocenters. The number of nitrogens with zero attached hydrogens (tertiary/aromatic N) is 2. The van der Waals surface area contributed by atoms with Gasteiger partial charge in [0.2, 0.25) is 5.91 Å². The van der Waals surface area contributed by atoms with Gasteiger partial charge < -0.3 is 19.4 Å². The minimum Gasteiger partial charge on any atom is -0.497 e. The van der Waals surface area contributed by atoms with E-state index in [9.17, 15) is 4.79 Å². The maximum Gasteiger partial charge on any atom is 0.220 e. The van der Waals surface area contributed by atoms with Gasteiger partial charge in [-0.05, 0) is 93.0 Å². The molecule has 2 bridgehead atoms. The molecule has 37 heavy (non-hydrogen) atoms.